The highest BCUT2D eigenvalue weighted by Gasteiger charge is 2.20. The molecule has 0 aliphatic heterocycles. The van der Waals surface area contributed by atoms with Gasteiger partial charge >= 0.3 is 11.9 Å². The van der Waals surface area contributed by atoms with Crippen LogP contribution in [-0.4, -0.2) is 22.2 Å². The Bertz CT molecular complexity index is 127. The minimum atomic E-state index is -2.52. The van der Waals surface area contributed by atoms with E-state index in [1.54, 1.807) is 0 Å². The molecule has 0 aliphatic rings. The van der Waals surface area contributed by atoms with Gasteiger partial charge in [0.05, 0.1) is 0 Å². The number of rotatable bonds is 2. The minimum absolute atomic E-state index is 0.703. The molecule has 2 N–H and O–H groups in total. The van der Waals surface area contributed by atoms with Crippen molar-refractivity contribution in [3.8, 4) is 0 Å². The van der Waals surface area contributed by atoms with Gasteiger partial charge in [-0.25, -0.2) is 0 Å². The van der Waals surface area contributed by atoms with Crippen LogP contribution in [0, 0.1) is 0 Å². The maximum atomic E-state index is 10.0. The Morgan fingerprint density at radius 2 is 2.22 bits per heavy atom. The summed E-state index contributed by atoms with van der Waals surface area (Å²) in [4.78, 5) is 10.0. The molecule has 0 fully saturated rings. The second-order valence-corrected chi connectivity index (χ2v) is 1.46. The van der Waals surface area contributed by atoms with Crippen LogP contribution in [0.1, 0.15) is 6.92 Å². The van der Waals surface area contributed by atoms with Crippen LogP contribution >= 0.6 is 0 Å². The van der Waals surface area contributed by atoms with Crippen LogP contribution in [-0.2, 0) is 9.53 Å². The van der Waals surface area contributed by atoms with Crippen LogP contribution < -0.4 is 0 Å². The molecule has 0 unspecified atom stereocenters. The lowest BCUT2D eigenvalue weighted by atomic mass is 10.5. The number of hydrogen-bond acceptors (Lipinski definition) is 4. The monoisotopic (exact) mass is 132 g/mol. The van der Waals surface area contributed by atoms with Crippen molar-refractivity contribution in [1.82, 2.24) is 0 Å². The van der Waals surface area contributed by atoms with E-state index >= 15 is 0 Å². The predicted octanol–water partition coefficient (Wildman–Crippen LogP) is -0.626. The summed E-state index contributed by atoms with van der Waals surface area (Å²) in [7, 11) is 0. The van der Waals surface area contributed by atoms with Crippen molar-refractivity contribution in [1.29, 1.82) is 0 Å². The summed E-state index contributed by atoms with van der Waals surface area (Å²) in [6, 6.07) is 0. The smallest absolute Gasteiger partial charge is 0.345 e. The third kappa shape index (κ3) is 3.69. The fraction of sp³-hybridized carbons (Fsp3) is 0.400. The molecule has 4 heteroatoms. The van der Waals surface area contributed by atoms with Crippen LogP contribution in [0.4, 0.5) is 0 Å². The Balaban J connectivity index is 3.86. The van der Waals surface area contributed by atoms with E-state index in [9.17, 15) is 4.79 Å². The molecule has 0 heterocycles. The number of carbonyl (C=O) groups excluding carboxylic acids is 1. The molecule has 4 nitrogen and oxygen atoms in total. The molecule has 0 aromatic carbocycles. The molecule has 0 aliphatic carbocycles. The lowest BCUT2D eigenvalue weighted by molar-refractivity contribution is -0.285. The van der Waals surface area contributed by atoms with Crippen molar-refractivity contribution in [3.05, 3.63) is 12.7 Å². The summed E-state index contributed by atoms with van der Waals surface area (Å²) in [5.41, 5.74) is 0. The van der Waals surface area contributed by atoms with Crippen molar-refractivity contribution >= 4 is 5.97 Å². The molecular weight excluding hydrogens is 124 g/mol. The van der Waals surface area contributed by atoms with Gasteiger partial charge in [0.1, 0.15) is 0 Å². The third-order valence-electron chi connectivity index (χ3n) is 0.560. The topological polar surface area (TPSA) is 66.8 Å². The Labute approximate surface area is 52.4 Å². The quantitative estimate of drug-likeness (QED) is 0.298. The fourth-order valence-electron chi connectivity index (χ4n) is 0.253. The number of carbonyl (C=O) groups is 1. The summed E-state index contributed by atoms with van der Waals surface area (Å²) >= 11 is 0. The average Bonchev–Trinajstić information content (AvgIpc) is 1.63. The number of ether oxygens (including phenoxy) is 1. The zero-order chi connectivity index (χ0) is 7.49. The van der Waals surface area contributed by atoms with E-state index in [1.165, 1.54) is 0 Å². The summed E-state index contributed by atoms with van der Waals surface area (Å²) < 4.78 is 3.94. The molecule has 0 rings (SSSR count). The predicted molar refractivity (Wildman–Crippen MR) is 29.1 cm³/mol. The van der Waals surface area contributed by atoms with E-state index < -0.39 is 11.9 Å². The molecule has 0 radical (unpaired) electrons. The second-order valence-electron chi connectivity index (χ2n) is 1.46. The molecule has 52 valence electrons. The second kappa shape index (κ2) is 2.61. The standard InChI is InChI=1S/C5H8O4/c1-3-5(7,8)9-4(2)6/h3,7-8H,1H2,2H3. The zero-order valence-electron chi connectivity index (χ0n) is 5.00. The first-order chi connectivity index (χ1) is 3.98. The van der Waals surface area contributed by atoms with E-state index in [0.29, 0.717) is 6.08 Å². The van der Waals surface area contributed by atoms with Crippen molar-refractivity contribution < 1.29 is 19.7 Å². The van der Waals surface area contributed by atoms with Gasteiger partial charge in [0.15, 0.2) is 0 Å². The first-order valence-corrected chi connectivity index (χ1v) is 2.26. The third-order valence-corrected chi connectivity index (χ3v) is 0.560. The van der Waals surface area contributed by atoms with Crippen LogP contribution in [0.2, 0.25) is 0 Å². The lowest BCUT2D eigenvalue weighted by Crippen LogP contribution is -2.30. The fourth-order valence-corrected chi connectivity index (χ4v) is 0.253. The first kappa shape index (κ1) is 8.13. The van der Waals surface area contributed by atoms with Crippen molar-refractivity contribution in [2.75, 3.05) is 0 Å². The maximum absolute atomic E-state index is 10.0. The number of hydrogen-bond donors (Lipinski definition) is 2. The zero-order valence-corrected chi connectivity index (χ0v) is 5.00. The highest BCUT2D eigenvalue weighted by Crippen LogP contribution is 2.01. The van der Waals surface area contributed by atoms with Gasteiger partial charge in [0.25, 0.3) is 0 Å². The number of aliphatic hydroxyl groups is 2. The van der Waals surface area contributed by atoms with Crippen LogP contribution in [0.15, 0.2) is 12.7 Å². The van der Waals surface area contributed by atoms with Crippen LogP contribution in [0.5, 0.6) is 0 Å². The SMILES string of the molecule is C=CC(O)(O)OC(C)=O. The Morgan fingerprint density at radius 1 is 1.78 bits per heavy atom. The van der Waals surface area contributed by atoms with Crippen molar-refractivity contribution in [2.45, 2.75) is 12.9 Å². The molecule has 0 amide bonds. The van der Waals surface area contributed by atoms with E-state index in [-0.39, 0.29) is 0 Å². The van der Waals surface area contributed by atoms with Gasteiger partial charge in [-0.1, -0.05) is 6.58 Å². The van der Waals surface area contributed by atoms with Gasteiger partial charge < -0.3 is 14.9 Å². The minimum Gasteiger partial charge on any atom is -0.405 e. The van der Waals surface area contributed by atoms with Gasteiger partial charge in [-0.3, -0.25) is 4.79 Å². The summed E-state index contributed by atoms with van der Waals surface area (Å²) in [6.07, 6.45) is 0.703. The van der Waals surface area contributed by atoms with Gasteiger partial charge in [-0.15, -0.1) is 0 Å². The van der Waals surface area contributed by atoms with E-state index in [4.69, 9.17) is 10.2 Å². The molecular formula is C5H8O4. The lowest BCUT2D eigenvalue weighted by Gasteiger charge is -2.14. The summed E-state index contributed by atoms with van der Waals surface area (Å²) in [5, 5.41) is 17.0. The Kier molecular flexibility index (Phi) is 2.36. The van der Waals surface area contributed by atoms with Crippen LogP contribution in [0.3, 0.4) is 0 Å². The van der Waals surface area contributed by atoms with Gasteiger partial charge in [0, 0.05) is 13.0 Å². The van der Waals surface area contributed by atoms with Gasteiger partial charge in [0.2, 0.25) is 0 Å². The van der Waals surface area contributed by atoms with Crippen LogP contribution in [0.25, 0.3) is 0 Å². The maximum Gasteiger partial charge on any atom is 0.345 e. The molecule has 0 aromatic rings. The molecule has 0 aromatic heterocycles. The van der Waals surface area contributed by atoms with E-state index in [2.05, 4.69) is 11.3 Å². The Morgan fingerprint density at radius 3 is 2.33 bits per heavy atom. The van der Waals surface area contributed by atoms with Gasteiger partial charge in [-0.05, 0) is 0 Å². The highest BCUT2D eigenvalue weighted by molar-refractivity contribution is 5.66. The molecule has 0 atom stereocenters. The van der Waals surface area contributed by atoms with Crippen molar-refractivity contribution in [3.63, 3.8) is 0 Å². The largest absolute Gasteiger partial charge is 0.405 e. The van der Waals surface area contributed by atoms with Crippen molar-refractivity contribution in [2.24, 2.45) is 0 Å². The Hall–Kier alpha value is -0.870. The average molecular weight is 132 g/mol. The number of esters is 1. The molecule has 0 bridgehead atoms. The summed E-state index contributed by atoms with van der Waals surface area (Å²) in [6.45, 7) is 4.07. The van der Waals surface area contributed by atoms with E-state index in [1.807, 2.05) is 0 Å². The van der Waals surface area contributed by atoms with E-state index in [0.717, 1.165) is 6.92 Å². The molecule has 9 heavy (non-hydrogen) atoms. The molecule has 0 spiro atoms. The highest BCUT2D eigenvalue weighted by atomic mass is 16.8. The molecule has 0 saturated heterocycles. The normalized spacial score (nSPS) is 10.6. The summed E-state index contributed by atoms with van der Waals surface area (Å²) in [5.74, 6) is -3.30. The van der Waals surface area contributed by atoms with Gasteiger partial charge in [-0.2, -0.15) is 0 Å². The first-order valence-electron chi connectivity index (χ1n) is 2.26. The molecule has 0 saturated carbocycles.